The fraction of sp³-hybridized carbons (Fsp3) is 0.409. The van der Waals surface area contributed by atoms with E-state index >= 15 is 0 Å². The Morgan fingerprint density at radius 2 is 1.63 bits per heavy atom. The zero-order valence-electron chi connectivity index (χ0n) is 15.1. The molecule has 0 radical (unpaired) electrons. The van der Waals surface area contributed by atoms with Crippen LogP contribution in [0, 0.1) is 0 Å². The predicted molar refractivity (Wildman–Crippen MR) is 110 cm³/mol. The number of aliphatic carboxylic acids is 1. The van der Waals surface area contributed by atoms with Crippen LogP contribution in [0.2, 0.25) is 10.0 Å². The Kier molecular flexibility index (Phi) is 4.85. The third-order valence-electron chi connectivity index (χ3n) is 6.41. The first-order valence-corrected chi connectivity index (χ1v) is 10.2. The first kappa shape index (κ1) is 18.6. The maximum atomic E-state index is 12.2. The molecule has 1 spiro atoms. The van der Waals surface area contributed by atoms with Crippen LogP contribution in [-0.4, -0.2) is 16.6 Å². The van der Waals surface area contributed by atoms with E-state index in [0.717, 1.165) is 25.7 Å². The zero-order chi connectivity index (χ0) is 19.1. The molecule has 2 aromatic rings. The highest BCUT2D eigenvalue weighted by Crippen LogP contribution is 2.50. The number of aryl methyl sites for hydroxylation is 1. The number of carbonyl (C=O) groups is 1. The van der Waals surface area contributed by atoms with Crippen molar-refractivity contribution in [1.82, 2.24) is 0 Å². The molecule has 0 unspecified atom stereocenters. The number of rotatable bonds is 3. The van der Waals surface area contributed by atoms with E-state index < -0.39 is 11.5 Å². The SMILES string of the molecule is O=C(O)C1(Nc2cc(Cl)cc(Cl)c2)CCC2(CCCc3ccccc32)CC1. The van der Waals surface area contributed by atoms with Crippen molar-refractivity contribution in [2.75, 3.05) is 5.32 Å². The van der Waals surface area contributed by atoms with E-state index in [-0.39, 0.29) is 5.41 Å². The largest absolute Gasteiger partial charge is 0.480 e. The van der Waals surface area contributed by atoms with E-state index in [1.54, 1.807) is 18.2 Å². The summed E-state index contributed by atoms with van der Waals surface area (Å²) in [5.41, 5.74) is 2.66. The number of benzene rings is 2. The molecule has 3 nitrogen and oxygen atoms in total. The Hall–Kier alpha value is -1.71. The van der Waals surface area contributed by atoms with Crippen molar-refractivity contribution in [2.45, 2.75) is 55.9 Å². The summed E-state index contributed by atoms with van der Waals surface area (Å²) in [7, 11) is 0. The molecule has 0 heterocycles. The Bertz CT molecular complexity index is 852. The molecule has 27 heavy (non-hydrogen) atoms. The van der Waals surface area contributed by atoms with Gasteiger partial charge < -0.3 is 10.4 Å². The lowest BCUT2D eigenvalue weighted by Crippen LogP contribution is -2.52. The monoisotopic (exact) mass is 403 g/mol. The average Bonchev–Trinajstić information content (AvgIpc) is 2.63. The molecule has 0 amide bonds. The number of anilines is 1. The quantitative estimate of drug-likeness (QED) is 0.652. The maximum absolute atomic E-state index is 12.2. The normalized spacial score (nSPS) is 27.2. The van der Waals surface area contributed by atoms with Gasteiger partial charge in [-0.1, -0.05) is 47.5 Å². The fourth-order valence-corrected chi connectivity index (χ4v) is 5.50. The number of halogens is 2. The van der Waals surface area contributed by atoms with Gasteiger partial charge in [-0.3, -0.25) is 0 Å². The van der Waals surface area contributed by atoms with Gasteiger partial charge in [-0.15, -0.1) is 0 Å². The molecule has 1 saturated carbocycles. The molecule has 0 saturated heterocycles. The van der Waals surface area contributed by atoms with Crippen molar-refractivity contribution in [3.8, 4) is 0 Å². The lowest BCUT2D eigenvalue weighted by Gasteiger charge is -2.48. The van der Waals surface area contributed by atoms with Crippen LogP contribution >= 0.6 is 23.2 Å². The van der Waals surface area contributed by atoms with Gasteiger partial charge in [0.1, 0.15) is 5.54 Å². The van der Waals surface area contributed by atoms with Crippen LogP contribution in [0.25, 0.3) is 0 Å². The molecule has 0 aliphatic heterocycles. The van der Waals surface area contributed by atoms with Gasteiger partial charge in [-0.05, 0) is 79.7 Å². The smallest absolute Gasteiger partial charge is 0.329 e. The van der Waals surface area contributed by atoms with E-state index in [0.29, 0.717) is 28.6 Å². The molecular weight excluding hydrogens is 381 g/mol. The highest BCUT2D eigenvalue weighted by Gasteiger charge is 2.49. The van der Waals surface area contributed by atoms with Gasteiger partial charge in [0, 0.05) is 15.7 Å². The summed E-state index contributed by atoms with van der Waals surface area (Å²) in [6.45, 7) is 0. The summed E-state index contributed by atoms with van der Waals surface area (Å²) in [4.78, 5) is 12.2. The summed E-state index contributed by atoms with van der Waals surface area (Å²) >= 11 is 12.2. The molecule has 4 rings (SSSR count). The Labute approximate surface area is 169 Å². The van der Waals surface area contributed by atoms with Gasteiger partial charge in [-0.25, -0.2) is 4.79 Å². The van der Waals surface area contributed by atoms with E-state index in [2.05, 4.69) is 29.6 Å². The molecule has 142 valence electrons. The van der Waals surface area contributed by atoms with E-state index in [1.165, 1.54) is 17.5 Å². The zero-order valence-corrected chi connectivity index (χ0v) is 16.6. The minimum Gasteiger partial charge on any atom is -0.480 e. The van der Waals surface area contributed by atoms with Gasteiger partial charge in [0.25, 0.3) is 0 Å². The minimum atomic E-state index is -0.981. The summed E-state index contributed by atoms with van der Waals surface area (Å²) in [6.07, 6.45) is 6.36. The second-order valence-electron chi connectivity index (χ2n) is 7.96. The second-order valence-corrected chi connectivity index (χ2v) is 8.83. The van der Waals surface area contributed by atoms with Crippen LogP contribution in [0.4, 0.5) is 5.69 Å². The van der Waals surface area contributed by atoms with Crippen LogP contribution in [0.1, 0.15) is 49.7 Å². The van der Waals surface area contributed by atoms with Crippen LogP contribution in [0.15, 0.2) is 42.5 Å². The van der Waals surface area contributed by atoms with Gasteiger partial charge >= 0.3 is 5.97 Å². The van der Waals surface area contributed by atoms with Crippen LogP contribution in [0.5, 0.6) is 0 Å². The van der Waals surface area contributed by atoms with Crippen LogP contribution < -0.4 is 5.32 Å². The lowest BCUT2D eigenvalue weighted by atomic mass is 9.59. The number of carboxylic acids is 1. The number of fused-ring (bicyclic) bond motifs is 2. The predicted octanol–water partition coefficient (Wildman–Crippen LogP) is 6.08. The third kappa shape index (κ3) is 3.43. The third-order valence-corrected chi connectivity index (χ3v) is 6.84. The first-order chi connectivity index (χ1) is 12.9. The number of nitrogens with one attached hydrogen (secondary N) is 1. The summed E-state index contributed by atoms with van der Waals surface area (Å²) in [5, 5.41) is 14.3. The summed E-state index contributed by atoms with van der Waals surface area (Å²) < 4.78 is 0. The Balaban J connectivity index is 1.61. The molecular formula is C22H23Cl2NO2. The van der Waals surface area contributed by atoms with E-state index in [1.807, 2.05) is 0 Å². The standard InChI is InChI=1S/C22H23Cl2NO2/c23-16-12-17(24)14-18(13-16)25-22(20(26)27)10-8-21(9-11-22)7-3-5-15-4-1-2-6-19(15)21/h1-2,4,6,12-14,25H,3,5,7-11H2,(H,26,27). The second kappa shape index (κ2) is 7.03. The summed E-state index contributed by atoms with van der Waals surface area (Å²) in [5.74, 6) is -0.808. The fourth-order valence-electron chi connectivity index (χ4n) is 4.98. The molecule has 2 N–H and O–H groups in total. The van der Waals surface area contributed by atoms with Crippen LogP contribution in [0.3, 0.4) is 0 Å². The van der Waals surface area contributed by atoms with Crippen molar-refractivity contribution in [3.05, 3.63) is 63.6 Å². The molecule has 0 atom stereocenters. The molecule has 2 aromatic carbocycles. The van der Waals surface area contributed by atoms with E-state index in [9.17, 15) is 9.90 Å². The van der Waals surface area contributed by atoms with Gasteiger partial charge in [0.05, 0.1) is 0 Å². The highest BCUT2D eigenvalue weighted by atomic mass is 35.5. The van der Waals surface area contributed by atoms with Crippen molar-refractivity contribution in [1.29, 1.82) is 0 Å². The highest BCUT2D eigenvalue weighted by molar-refractivity contribution is 6.35. The maximum Gasteiger partial charge on any atom is 0.329 e. The van der Waals surface area contributed by atoms with Crippen molar-refractivity contribution in [2.24, 2.45) is 0 Å². The van der Waals surface area contributed by atoms with E-state index in [4.69, 9.17) is 23.2 Å². The molecule has 2 aliphatic rings. The Morgan fingerprint density at radius 3 is 2.30 bits per heavy atom. The summed E-state index contributed by atoms with van der Waals surface area (Å²) in [6, 6.07) is 13.8. The number of hydrogen-bond donors (Lipinski definition) is 2. The first-order valence-electron chi connectivity index (χ1n) is 9.49. The van der Waals surface area contributed by atoms with Crippen molar-refractivity contribution in [3.63, 3.8) is 0 Å². The van der Waals surface area contributed by atoms with Crippen molar-refractivity contribution >= 4 is 34.9 Å². The molecule has 1 fully saturated rings. The van der Waals surface area contributed by atoms with Gasteiger partial charge in [0.2, 0.25) is 0 Å². The number of hydrogen-bond acceptors (Lipinski definition) is 2. The molecule has 0 aromatic heterocycles. The minimum absolute atomic E-state index is 0.113. The number of carboxylic acid groups (broad SMARTS) is 1. The topological polar surface area (TPSA) is 49.3 Å². The Morgan fingerprint density at radius 1 is 0.963 bits per heavy atom. The molecule has 5 heteroatoms. The van der Waals surface area contributed by atoms with Gasteiger partial charge in [0.15, 0.2) is 0 Å². The average molecular weight is 404 g/mol. The van der Waals surface area contributed by atoms with Gasteiger partial charge in [-0.2, -0.15) is 0 Å². The molecule has 2 aliphatic carbocycles. The lowest BCUT2D eigenvalue weighted by molar-refractivity contribution is -0.144. The molecule has 0 bridgehead atoms. The van der Waals surface area contributed by atoms with Crippen LogP contribution in [-0.2, 0) is 16.6 Å². The van der Waals surface area contributed by atoms with Crippen molar-refractivity contribution < 1.29 is 9.90 Å².